The van der Waals surface area contributed by atoms with Gasteiger partial charge in [0.2, 0.25) is 0 Å². The van der Waals surface area contributed by atoms with Gasteiger partial charge in [-0.3, -0.25) is 4.68 Å². The van der Waals surface area contributed by atoms with Crippen molar-refractivity contribution in [1.82, 2.24) is 9.78 Å². The second kappa shape index (κ2) is 4.00. The molecular formula is C10H17N3O. The van der Waals surface area contributed by atoms with Gasteiger partial charge >= 0.3 is 0 Å². The minimum absolute atomic E-state index is 0.202. The summed E-state index contributed by atoms with van der Waals surface area (Å²) in [4.78, 5) is 0. The van der Waals surface area contributed by atoms with Crippen LogP contribution in [-0.2, 0) is 7.05 Å². The van der Waals surface area contributed by atoms with Crippen molar-refractivity contribution in [2.75, 3.05) is 5.32 Å². The van der Waals surface area contributed by atoms with Crippen LogP contribution in [-0.4, -0.2) is 27.0 Å². The maximum atomic E-state index is 9.75. The van der Waals surface area contributed by atoms with Crippen molar-refractivity contribution in [2.45, 2.75) is 37.8 Å². The molecule has 0 spiro atoms. The van der Waals surface area contributed by atoms with E-state index in [9.17, 15) is 5.11 Å². The average molecular weight is 195 g/mol. The van der Waals surface area contributed by atoms with Crippen LogP contribution in [0.25, 0.3) is 0 Å². The molecule has 1 aliphatic carbocycles. The van der Waals surface area contributed by atoms with Gasteiger partial charge in [-0.2, -0.15) is 5.10 Å². The number of aryl methyl sites for hydroxylation is 1. The van der Waals surface area contributed by atoms with E-state index in [0.29, 0.717) is 0 Å². The first kappa shape index (κ1) is 9.52. The lowest BCUT2D eigenvalue weighted by atomic mass is 9.92. The molecule has 0 saturated heterocycles. The molecule has 0 amide bonds. The Labute approximate surface area is 83.9 Å². The SMILES string of the molecule is Cn1cc(N[C@H]2CCCC[C@@H]2O)cn1. The summed E-state index contributed by atoms with van der Waals surface area (Å²) in [7, 11) is 1.89. The number of aliphatic hydroxyl groups excluding tert-OH is 1. The highest BCUT2D eigenvalue weighted by atomic mass is 16.3. The van der Waals surface area contributed by atoms with Crippen LogP contribution < -0.4 is 5.32 Å². The van der Waals surface area contributed by atoms with Crippen molar-refractivity contribution in [1.29, 1.82) is 0 Å². The highest BCUT2D eigenvalue weighted by molar-refractivity contribution is 5.39. The predicted octanol–water partition coefficient (Wildman–Crippen LogP) is 1.14. The van der Waals surface area contributed by atoms with E-state index in [0.717, 1.165) is 24.9 Å². The molecule has 0 aliphatic heterocycles. The van der Waals surface area contributed by atoms with Gasteiger partial charge < -0.3 is 10.4 Å². The summed E-state index contributed by atoms with van der Waals surface area (Å²) < 4.78 is 1.76. The molecule has 78 valence electrons. The summed E-state index contributed by atoms with van der Waals surface area (Å²) in [5.74, 6) is 0. The van der Waals surface area contributed by atoms with Gasteiger partial charge in [-0.25, -0.2) is 0 Å². The van der Waals surface area contributed by atoms with Crippen LogP contribution in [0.4, 0.5) is 5.69 Å². The van der Waals surface area contributed by atoms with Gasteiger partial charge in [0, 0.05) is 13.2 Å². The van der Waals surface area contributed by atoms with Crippen LogP contribution in [0.15, 0.2) is 12.4 Å². The van der Waals surface area contributed by atoms with Gasteiger partial charge in [-0.05, 0) is 12.8 Å². The zero-order valence-corrected chi connectivity index (χ0v) is 8.48. The Balaban J connectivity index is 1.95. The Hall–Kier alpha value is -1.03. The van der Waals surface area contributed by atoms with Crippen LogP contribution in [0.3, 0.4) is 0 Å². The first-order valence-corrected chi connectivity index (χ1v) is 5.19. The zero-order chi connectivity index (χ0) is 9.97. The van der Waals surface area contributed by atoms with Gasteiger partial charge in [0.25, 0.3) is 0 Å². The van der Waals surface area contributed by atoms with Crippen LogP contribution in [0, 0.1) is 0 Å². The van der Waals surface area contributed by atoms with Crippen molar-refractivity contribution >= 4 is 5.69 Å². The third-order valence-electron chi connectivity index (χ3n) is 2.79. The van der Waals surface area contributed by atoms with E-state index in [4.69, 9.17) is 0 Å². The maximum Gasteiger partial charge on any atom is 0.0741 e. The highest BCUT2D eigenvalue weighted by Gasteiger charge is 2.22. The summed E-state index contributed by atoms with van der Waals surface area (Å²) in [6.07, 6.45) is 7.84. The van der Waals surface area contributed by atoms with E-state index < -0.39 is 0 Å². The highest BCUT2D eigenvalue weighted by Crippen LogP contribution is 2.21. The van der Waals surface area contributed by atoms with Gasteiger partial charge in [0.15, 0.2) is 0 Å². The molecule has 0 bridgehead atoms. The fourth-order valence-electron chi connectivity index (χ4n) is 1.99. The molecular weight excluding hydrogens is 178 g/mol. The molecule has 4 heteroatoms. The van der Waals surface area contributed by atoms with Crippen LogP contribution in [0.2, 0.25) is 0 Å². The summed E-state index contributed by atoms with van der Waals surface area (Å²) >= 11 is 0. The fraction of sp³-hybridized carbons (Fsp3) is 0.700. The molecule has 0 radical (unpaired) electrons. The molecule has 2 rings (SSSR count). The molecule has 1 aromatic rings. The lowest BCUT2D eigenvalue weighted by Gasteiger charge is -2.28. The topological polar surface area (TPSA) is 50.1 Å². The number of nitrogens with one attached hydrogen (secondary N) is 1. The van der Waals surface area contributed by atoms with Crippen molar-refractivity contribution in [3.63, 3.8) is 0 Å². The Bertz CT molecular complexity index is 297. The van der Waals surface area contributed by atoms with Crippen molar-refractivity contribution in [2.24, 2.45) is 7.05 Å². The summed E-state index contributed by atoms with van der Waals surface area (Å²) in [6.45, 7) is 0. The van der Waals surface area contributed by atoms with E-state index in [-0.39, 0.29) is 12.1 Å². The maximum absolute atomic E-state index is 9.75. The Morgan fingerprint density at radius 1 is 1.50 bits per heavy atom. The molecule has 1 aromatic heterocycles. The molecule has 1 aliphatic rings. The molecule has 4 nitrogen and oxygen atoms in total. The second-order valence-corrected chi connectivity index (χ2v) is 4.01. The van der Waals surface area contributed by atoms with E-state index in [1.165, 1.54) is 6.42 Å². The Morgan fingerprint density at radius 3 is 2.93 bits per heavy atom. The lowest BCUT2D eigenvalue weighted by molar-refractivity contribution is 0.116. The smallest absolute Gasteiger partial charge is 0.0741 e. The average Bonchev–Trinajstić information content (AvgIpc) is 2.56. The van der Waals surface area contributed by atoms with Crippen LogP contribution in [0.5, 0.6) is 0 Å². The molecule has 1 fully saturated rings. The van der Waals surface area contributed by atoms with Crippen LogP contribution in [0.1, 0.15) is 25.7 Å². The number of hydrogen-bond acceptors (Lipinski definition) is 3. The number of aliphatic hydroxyl groups is 1. The zero-order valence-electron chi connectivity index (χ0n) is 8.48. The molecule has 0 unspecified atom stereocenters. The van der Waals surface area contributed by atoms with Crippen molar-refractivity contribution < 1.29 is 5.11 Å². The lowest BCUT2D eigenvalue weighted by Crippen LogP contribution is -2.36. The molecule has 2 N–H and O–H groups in total. The summed E-state index contributed by atoms with van der Waals surface area (Å²) in [6, 6.07) is 0.202. The van der Waals surface area contributed by atoms with Crippen LogP contribution >= 0.6 is 0 Å². The van der Waals surface area contributed by atoms with Gasteiger partial charge in [-0.15, -0.1) is 0 Å². The fourth-order valence-corrected chi connectivity index (χ4v) is 1.99. The quantitative estimate of drug-likeness (QED) is 0.744. The first-order valence-electron chi connectivity index (χ1n) is 5.19. The number of rotatable bonds is 2. The van der Waals surface area contributed by atoms with Crippen molar-refractivity contribution in [3.8, 4) is 0 Å². The largest absolute Gasteiger partial charge is 0.391 e. The standard InChI is InChI=1S/C10H17N3O/c1-13-7-8(6-11-13)12-9-4-2-3-5-10(9)14/h6-7,9-10,12,14H,2-5H2,1H3/t9-,10-/m0/s1. The second-order valence-electron chi connectivity index (χ2n) is 4.01. The van der Waals surface area contributed by atoms with E-state index in [1.54, 1.807) is 10.9 Å². The summed E-state index contributed by atoms with van der Waals surface area (Å²) in [5, 5.41) is 17.1. The monoisotopic (exact) mass is 195 g/mol. The van der Waals surface area contributed by atoms with E-state index in [1.807, 2.05) is 13.2 Å². The molecule has 2 atom stereocenters. The van der Waals surface area contributed by atoms with E-state index >= 15 is 0 Å². The number of anilines is 1. The predicted molar refractivity (Wildman–Crippen MR) is 55.1 cm³/mol. The van der Waals surface area contributed by atoms with Gasteiger partial charge in [0.05, 0.1) is 24.0 Å². The third-order valence-corrected chi connectivity index (χ3v) is 2.79. The minimum atomic E-state index is -0.205. The molecule has 1 heterocycles. The van der Waals surface area contributed by atoms with Crippen molar-refractivity contribution in [3.05, 3.63) is 12.4 Å². The summed E-state index contributed by atoms with van der Waals surface area (Å²) in [5.41, 5.74) is 0.999. The number of hydrogen-bond donors (Lipinski definition) is 2. The molecule has 14 heavy (non-hydrogen) atoms. The number of aromatic nitrogens is 2. The Kier molecular flexibility index (Phi) is 2.72. The van der Waals surface area contributed by atoms with E-state index in [2.05, 4.69) is 10.4 Å². The number of nitrogens with zero attached hydrogens (tertiary/aromatic N) is 2. The molecule has 1 saturated carbocycles. The Morgan fingerprint density at radius 2 is 2.29 bits per heavy atom. The van der Waals surface area contributed by atoms with Gasteiger partial charge in [-0.1, -0.05) is 12.8 Å². The van der Waals surface area contributed by atoms with Gasteiger partial charge in [0.1, 0.15) is 0 Å². The normalized spacial score (nSPS) is 27.6. The first-order chi connectivity index (χ1) is 6.75. The molecule has 0 aromatic carbocycles. The third kappa shape index (κ3) is 2.07. The minimum Gasteiger partial charge on any atom is -0.391 e.